The molecular weight excluding hydrogens is 146 g/mol. The Bertz CT molecular complexity index is 206. The van der Waals surface area contributed by atoms with E-state index in [2.05, 4.69) is 0 Å². The molecule has 1 aliphatic heterocycles. The van der Waals surface area contributed by atoms with E-state index < -0.39 is 15.9 Å². The predicted octanol–water partition coefficient (Wildman–Crippen LogP) is -1.99. The minimum atomic E-state index is -3.20. The first-order valence-electron chi connectivity index (χ1n) is 2.13. The van der Waals surface area contributed by atoms with Crippen LogP contribution in [0.25, 0.3) is 0 Å². The highest BCUT2D eigenvalue weighted by atomic mass is 32.2. The molecule has 3 N–H and O–H groups in total. The number of hydrogen-bond donors (Lipinski definition) is 1. The van der Waals surface area contributed by atoms with Gasteiger partial charge in [0.1, 0.15) is 0 Å². The molecule has 6 heteroatoms. The second kappa shape index (κ2) is 2.32. The van der Waals surface area contributed by atoms with Crippen LogP contribution in [0.4, 0.5) is 0 Å². The molecule has 9 heavy (non-hydrogen) atoms. The first kappa shape index (κ1) is 8.38. The zero-order valence-electron chi connectivity index (χ0n) is 4.55. The standard InChI is InChI=1S/C3H5NO3S.H2O/c5-3-1-2-8(6,7)4-3;/h1-2H2,(H,4,5);1H2. The highest BCUT2D eigenvalue weighted by Gasteiger charge is 2.22. The summed E-state index contributed by atoms with van der Waals surface area (Å²) in [6, 6.07) is 0. The summed E-state index contributed by atoms with van der Waals surface area (Å²) in [6.45, 7) is 0. The molecule has 1 saturated heterocycles. The van der Waals surface area contributed by atoms with Crippen LogP contribution in [0.1, 0.15) is 6.42 Å². The molecule has 0 radical (unpaired) electrons. The van der Waals surface area contributed by atoms with Gasteiger partial charge in [0.15, 0.2) is 0 Å². The van der Waals surface area contributed by atoms with Crippen molar-refractivity contribution in [1.29, 1.82) is 0 Å². The number of sulfonamides is 1. The maximum Gasteiger partial charge on any atom is 0.235 e. The van der Waals surface area contributed by atoms with Crippen LogP contribution < -0.4 is 4.72 Å². The van der Waals surface area contributed by atoms with Gasteiger partial charge in [-0.2, -0.15) is 0 Å². The molecule has 1 aliphatic rings. The SMILES string of the molecule is O.O=C1CCS(=O)(=O)N1. The van der Waals surface area contributed by atoms with Crippen LogP contribution >= 0.6 is 0 Å². The van der Waals surface area contributed by atoms with E-state index in [9.17, 15) is 13.2 Å². The van der Waals surface area contributed by atoms with Crippen molar-refractivity contribution in [1.82, 2.24) is 4.72 Å². The molecule has 1 fully saturated rings. The Kier molecular flexibility index (Phi) is 2.16. The summed E-state index contributed by atoms with van der Waals surface area (Å²) in [5, 5.41) is 0. The minimum absolute atomic E-state index is 0. The topological polar surface area (TPSA) is 94.7 Å². The van der Waals surface area contributed by atoms with Crippen molar-refractivity contribution < 1.29 is 18.7 Å². The molecular formula is C3H7NO4S. The lowest BCUT2D eigenvalue weighted by molar-refractivity contribution is -0.118. The second-order valence-corrected chi connectivity index (χ2v) is 3.44. The fourth-order valence-corrected chi connectivity index (χ4v) is 1.51. The lowest BCUT2D eigenvalue weighted by Crippen LogP contribution is -2.20. The zero-order valence-corrected chi connectivity index (χ0v) is 5.36. The van der Waals surface area contributed by atoms with E-state index in [1.54, 1.807) is 0 Å². The van der Waals surface area contributed by atoms with Crippen molar-refractivity contribution in [2.75, 3.05) is 5.75 Å². The molecule has 5 nitrogen and oxygen atoms in total. The normalized spacial score (nSPS) is 22.4. The van der Waals surface area contributed by atoms with E-state index in [4.69, 9.17) is 0 Å². The zero-order chi connectivity index (χ0) is 6.20. The third kappa shape index (κ3) is 1.98. The van der Waals surface area contributed by atoms with Crippen LogP contribution in [-0.4, -0.2) is 25.6 Å². The van der Waals surface area contributed by atoms with Gasteiger partial charge in [-0.25, -0.2) is 8.42 Å². The molecule has 0 aromatic heterocycles. The molecule has 0 aromatic rings. The van der Waals surface area contributed by atoms with Crippen LogP contribution in [0.2, 0.25) is 0 Å². The molecule has 0 bridgehead atoms. The summed E-state index contributed by atoms with van der Waals surface area (Å²) in [6.07, 6.45) is 0.113. The Hall–Kier alpha value is -0.620. The van der Waals surface area contributed by atoms with Gasteiger partial charge in [0.25, 0.3) is 0 Å². The number of carbonyl (C=O) groups excluding carboxylic acids is 1. The maximum absolute atomic E-state index is 10.3. The number of hydrogen-bond acceptors (Lipinski definition) is 3. The lowest BCUT2D eigenvalue weighted by atomic mass is 10.5. The van der Waals surface area contributed by atoms with Gasteiger partial charge in [0, 0.05) is 6.42 Å². The Morgan fingerprint density at radius 3 is 2.11 bits per heavy atom. The van der Waals surface area contributed by atoms with E-state index in [-0.39, 0.29) is 17.6 Å². The summed E-state index contributed by atoms with van der Waals surface area (Å²) in [4.78, 5) is 10.2. The van der Waals surface area contributed by atoms with Crippen molar-refractivity contribution in [2.45, 2.75) is 6.42 Å². The van der Waals surface area contributed by atoms with E-state index in [0.717, 1.165) is 0 Å². The fourth-order valence-electron chi connectivity index (χ4n) is 0.503. The van der Waals surface area contributed by atoms with Gasteiger partial charge < -0.3 is 5.48 Å². The quantitative estimate of drug-likeness (QED) is 0.436. The van der Waals surface area contributed by atoms with Gasteiger partial charge in [-0.05, 0) is 0 Å². The highest BCUT2D eigenvalue weighted by Crippen LogP contribution is 1.97. The van der Waals surface area contributed by atoms with Crippen molar-refractivity contribution in [3.8, 4) is 0 Å². The lowest BCUT2D eigenvalue weighted by Gasteiger charge is -1.85. The van der Waals surface area contributed by atoms with E-state index >= 15 is 0 Å². The highest BCUT2D eigenvalue weighted by molar-refractivity contribution is 7.90. The van der Waals surface area contributed by atoms with Crippen LogP contribution in [0.15, 0.2) is 0 Å². The van der Waals surface area contributed by atoms with Gasteiger partial charge in [0.05, 0.1) is 5.75 Å². The first-order valence-corrected chi connectivity index (χ1v) is 3.79. The molecule has 0 spiro atoms. The largest absolute Gasteiger partial charge is 0.412 e. The van der Waals surface area contributed by atoms with Crippen molar-refractivity contribution >= 4 is 15.9 Å². The summed E-state index contributed by atoms with van der Waals surface area (Å²) in [7, 11) is -3.20. The number of nitrogens with one attached hydrogen (secondary N) is 1. The number of rotatable bonds is 0. The Labute approximate surface area is 52.4 Å². The van der Waals surface area contributed by atoms with Crippen LogP contribution in [0, 0.1) is 0 Å². The molecule has 0 aliphatic carbocycles. The van der Waals surface area contributed by atoms with Crippen LogP contribution in [0.5, 0.6) is 0 Å². The van der Waals surface area contributed by atoms with Crippen molar-refractivity contribution in [2.24, 2.45) is 0 Å². The van der Waals surface area contributed by atoms with Crippen molar-refractivity contribution in [3.05, 3.63) is 0 Å². The smallest absolute Gasteiger partial charge is 0.235 e. The maximum atomic E-state index is 10.3. The van der Waals surface area contributed by atoms with Gasteiger partial charge in [-0.3, -0.25) is 9.52 Å². The van der Waals surface area contributed by atoms with E-state index in [1.807, 2.05) is 4.72 Å². The molecule has 0 aromatic carbocycles. The molecule has 1 amide bonds. The van der Waals surface area contributed by atoms with E-state index in [0.29, 0.717) is 0 Å². The molecule has 1 rings (SSSR count). The van der Waals surface area contributed by atoms with Gasteiger partial charge >= 0.3 is 0 Å². The minimum Gasteiger partial charge on any atom is -0.412 e. The molecule has 0 saturated carbocycles. The molecule has 54 valence electrons. The van der Waals surface area contributed by atoms with Crippen LogP contribution in [0.3, 0.4) is 0 Å². The average Bonchev–Trinajstić information content (AvgIpc) is 1.82. The summed E-state index contributed by atoms with van der Waals surface area (Å²) >= 11 is 0. The Morgan fingerprint density at radius 2 is 2.00 bits per heavy atom. The molecule has 1 heterocycles. The third-order valence-electron chi connectivity index (χ3n) is 0.867. The third-order valence-corrected chi connectivity index (χ3v) is 2.15. The Balaban J connectivity index is 0.000000640. The second-order valence-electron chi connectivity index (χ2n) is 1.59. The number of carbonyl (C=O) groups is 1. The van der Waals surface area contributed by atoms with Crippen LogP contribution in [-0.2, 0) is 14.8 Å². The van der Waals surface area contributed by atoms with Gasteiger partial charge in [0.2, 0.25) is 15.9 Å². The first-order chi connectivity index (χ1) is 3.60. The average molecular weight is 153 g/mol. The summed E-state index contributed by atoms with van der Waals surface area (Å²) in [5.74, 6) is -0.448. The Morgan fingerprint density at radius 1 is 1.44 bits per heavy atom. The molecule has 0 atom stereocenters. The van der Waals surface area contributed by atoms with E-state index in [1.165, 1.54) is 0 Å². The summed E-state index contributed by atoms with van der Waals surface area (Å²) in [5.41, 5.74) is 0. The number of amides is 1. The fraction of sp³-hybridized carbons (Fsp3) is 0.667. The predicted molar refractivity (Wildman–Crippen MR) is 30.2 cm³/mol. The molecule has 0 unspecified atom stereocenters. The van der Waals surface area contributed by atoms with Gasteiger partial charge in [-0.1, -0.05) is 0 Å². The summed E-state index contributed by atoms with van der Waals surface area (Å²) < 4.78 is 22.4. The van der Waals surface area contributed by atoms with Gasteiger partial charge in [-0.15, -0.1) is 0 Å². The van der Waals surface area contributed by atoms with Crippen molar-refractivity contribution in [3.63, 3.8) is 0 Å². The monoisotopic (exact) mass is 153 g/mol.